The Morgan fingerprint density at radius 3 is 2.53 bits per heavy atom. The molecule has 92 valence electrons. The van der Waals surface area contributed by atoms with Crippen molar-refractivity contribution in [3.63, 3.8) is 0 Å². The van der Waals surface area contributed by atoms with Crippen LogP contribution in [0.5, 0.6) is 0 Å². The SMILES string of the molecule is CC(C)(C)c1cc(N2C(=O)NC(=O)C2O)on1. The molecule has 2 N–H and O–H groups in total. The first-order chi connectivity index (χ1) is 7.80. The molecule has 1 aliphatic rings. The Morgan fingerprint density at radius 1 is 1.47 bits per heavy atom. The van der Waals surface area contributed by atoms with Crippen LogP contribution in [0.25, 0.3) is 0 Å². The fourth-order valence-corrected chi connectivity index (χ4v) is 1.41. The number of imide groups is 1. The lowest BCUT2D eigenvalue weighted by Gasteiger charge is -2.14. The third-order valence-electron chi connectivity index (χ3n) is 2.43. The first kappa shape index (κ1) is 11.6. The fraction of sp³-hybridized carbons (Fsp3) is 0.500. The first-order valence-electron chi connectivity index (χ1n) is 5.10. The van der Waals surface area contributed by atoms with Gasteiger partial charge >= 0.3 is 6.03 Å². The Labute approximate surface area is 97.4 Å². The summed E-state index contributed by atoms with van der Waals surface area (Å²) in [7, 11) is 0. The number of aliphatic hydroxyl groups is 1. The van der Waals surface area contributed by atoms with Crippen molar-refractivity contribution in [3.05, 3.63) is 11.8 Å². The number of nitrogens with zero attached hydrogens (tertiary/aromatic N) is 2. The zero-order chi connectivity index (χ0) is 12.8. The van der Waals surface area contributed by atoms with E-state index in [9.17, 15) is 14.7 Å². The van der Waals surface area contributed by atoms with Gasteiger partial charge in [0, 0.05) is 11.5 Å². The van der Waals surface area contributed by atoms with Gasteiger partial charge in [0.05, 0.1) is 5.69 Å². The predicted molar refractivity (Wildman–Crippen MR) is 57.2 cm³/mol. The summed E-state index contributed by atoms with van der Waals surface area (Å²) in [5.41, 5.74) is 0.388. The van der Waals surface area contributed by atoms with Crippen LogP contribution in [-0.2, 0) is 10.2 Å². The minimum atomic E-state index is -1.57. The maximum atomic E-state index is 11.4. The molecule has 1 atom stereocenters. The molecule has 2 heterocycles. The molecular formula is C10H13N3O4. The van der Waals surface area contributed by atoms with Crippen LogP contribution in [-0.4, -0.2) is 28.4 Å². The summed E-state index contributed by atoms with van der Waals surface area (Å²) < 4.78 is 4.97. The number of carbonyl (C=O) groups is 2. The van der Waals surface area contributed by atoms with Gasteiger partial charge in [0.2, 0.25) is 12.1 Å². The van der Waals surface area contributed by atoms with Gasteiger partial charge in [-0.2, -0.15) is 0 Å². The van der Waals surface area contributed by atoms with E-state index < -0.39 is 18.2 Å². The van der Waals surface area contributed by atoms with Gasteiger partial charge in [-0.1, -0.05) is 25.9 Å². The molecule has 3 amide bonds. The maximum Gasteiger partial charge on any atom is 0.333 e. The number of carbonyl (C=O) groups excluding carboxylic acids is 2. The maximum absolute atomic E-state index is 11.4. The molecule has 17 heavy (non-hydrogen) atoms. The van der Waals surface area contributed by atoms with Crippen molar-refractivity contribution in [2.75, 3.05) is 4.90 Å². The minimum absolute atomic E-state index is 0.0470. The van der Waals surface area contributed by atoms with E-state index in [1.807, 2.05) is 26.1 Å². The third-order valence-corrected chi connectivity index (χ3v) is 2.43. The highest BCUT2D eigenvalue weighted by Gasteiger charge is 2.40. The molecule has 7 heteroatoms. The summed E-state index contributed by atoms with van der Waals surface area (Å²) in [6, 6.07) is 0.806. The minimum Gasteiger partial charge on any atom is -0.365 e. The second kappa shape index (κ2) is 3.56. The lowest BCUT2D eigenvalue weighted by molar-refractivity contribution is -0.125. The number of amides is 3. The number of urea groups is 1. The van der Waals surface area contributed by atoms with Crippen LogP contribution in [0, 0.1) is 0 Å². The van der Waals surface area contributed by atoms with E-state index in [2.05, 4.69) is 5.16 Å². The summed E-state index contributed by atoms with van der Waals surface area (Å²) >= 11 is 0. The van der Waals surface area contributed by atoms with Gasteiger partial charge in [-0.05, 0) is 0 Å². The quantitative estimate of drug-likeness (QED) is 0.689. The van der Waals surface area contributed by atoms with E-state index >= 15 is 0 Å². The lowest BCUT2D eigenvalue weighted by atomic mass is 9.92. The Bertz CT molecular complexity index is 474. The predicted octanol–water partition coefficient (Wildman–Crippen LogP) is 0.347. The zero-order valence-corrected chi connectivity index (χ0v) is 9.72. The Morgan fingerprint density at radius 2 is 2.12 bits per heavy atom. The van der Waals surface area contributed by atoms with E-state index in [0.29, 0.717) is 5.69 Å². The summed E-state index contributed by atoms with van der Waals surface area (Å²) in [6.45, 7) is 5.79. The monoisotopic (exact) mass is 239 g/mol. The Kier molecular flexibility index (Phi) is 2.43. The molecule has 0 radical (unpaired) electrons. The van der Waals surface area contributed by atoms with E-state index in [1.165, 1.54) is 6.07 Å². The van der Waals surface area contributed by atoms with Gasteiger partial charge in [-0.25, -0.2) is 9.69 Å². The van der Waals surface area contributed by atoms with Crippen LogP contribution < -0.4 is 10.2 Å². The summed E-state index contributed by atoms with van der Waals surface area (Å²) in [6.07, 6.45) is -1.57. The highest BCUT2D eigenvalue weighted by molar-refractivity contribution is 6.12. The number of rotatable bonds is 1. The number of aliphatic hydroxyl groups excluding tert-OH is 1. The number of hydrogen-bond donors (Lipinski definition) is 2. The van der Waals surface area contributed by atoms with Crippen molar-refractivity contribution < 1.29 is 19.2 Å². The van der Waals surface area contributed by atoms with Gasteiger partial charge in [-0.15, -0.1) is 0 Å². The van der Waals surface area contributed by atoms with Crippen molar-refractivity contribution in [2.24, 2.45) is 0 Å². The standard InChI is InChI=1S/C10H13N3O4/c1-10(2,3)5-4-6(17-12-5)13-8(15)7(14)11-9(13)16/h4,8,15H,1-3H3,(H,11,14,16). The van der Waals surface area contributed by atoms with Crippen LogP contribution in [0.3, 0.4) is 0 Å². The molecule has 1 aromatic rings. The van der Waals surface area contributed by atoms with Crippen molar-refractivity contribution in [1.29, 1.82) is 0 Å². The number of nitrogens with one attached hydrogen (secondary N) is 1. The van der Waals surface area contributed by atoms with Crippen LogP contribution in [0.15, 0.2) is 10.6 Å². The van der Waals surface area contributed by atoms with Gasteiger partial charge in [-0.3, -0.25) is 10.1 Å². The fourth-order valence-electron chi connectivity index (χ4n) is 1.41. The van der Waals surface area contributed by atoms with Gasteiger partial charge in [0.1, 0.15) is 0 Å². The van der Waals surface area contributed by atoms with E-state index in [1.54, 1.807) is 0 Å². The lowest BCUT2D eigenvalue weighted by Crippen LogP contribution is -2.34. The average Bonchev–Trinajstić information content (AvgIpc) is 2.73. The molecule has 0 aliphatic carbocycles. The van der Waals surface area contributed by atoms with E-state index in [4.69, 9.17) is 4.52 Å². The molecule has 1 aromatic heterocycles. The second-order valence-electron chi connectivity index (χ2n) is 4.84. The molecule has 0 aromatic carbocycles. The smallest absolute Gasteiger partial charge is 0.333 e. The summed E-state index contributed by atoms with van der Waals surface area (Å²) in [5.74, 6) is -0.727. The van der Waals surface area contributed by atoms with Gasteiger partial charge < -0.3 is 9.63 Å². The van der Waals surface area contributed by atoms with Crippen LogP contribution in [0.1, 0.15) is 26.5 Å². The van der Waals surface area contributed by atoms with Gasteiger partial charge in [0.15, 0.2) is 0 Å². The summed E-state index contributed by atoms with van der Waals surface area (Å²) in [4.78, 5) is 23.3. The van der Waals surface area contributed by atoms with E-state index in [-0.39, 0.29) is 11.3 Å². The summed E-state index contributed by atoms with van der Waals surface area (Å²) in [5, 5.41) is 15.3. The number of aromatic nitrogens is 1. The molecule has 0 spiro atoms. The van der Waals surface area contributed by atoms with Crippen molar-refractivity contribution in [2.45, 2.75) is 32.4 Å². The van der Waals surface area contributed by atoms with E-state index in [0.717, 1.165) is 4.90 Å². The molecule has 1 fully saturated rings. The average molecular weight is 239 g/mol. The van der Waals surface area contributed by atoms with Crippen LogP contribution in [0.2, 0.25) is 0 Å². The number of anilines is 1. The Balaban J connectivity index is 2.32. The molecule has 7 nitrogen and oxygen atoms in total. The topological polar surface area (TPSA) is 95.7 Å². The molecule has 0 bridgehead atoms. The van der Waals surface area contributed by atoms with Crippen molar-refractivity contribution >= 4 is 17.8 Å². The molecule has 1 unspecified atom stereocenters. The third kappa shape index (κ3) is 1.89. The first-order valence-corrected chi connectivity index (χ1v) is 5.10. The van der Waals surface area contributed by atoms with Gasteiger partial charge in [0.25, 0.3) is 5.91 Å². The van der Waals surface area contributed by atoms with Crippen molar-refractivity contribution in [1.82, 2.24) is 10.5 Å². The van der Waals surface area contributed by atoms with Crippen LogP contribution >= 0.6 is 0 Å². The van der Waals surface area contributed by atoms with Crippen molar-refractivity contribution in [3.8, 4) is 0 Å². The normalized spacial score (nSPS) is 20.9. The zero-order valence-electron chi connectivity index (χ0n) is 9.72. The largest absolute Gasteiger partial charge is 0.365 e. The highest BCUT2D eigenvalue weighted by atomic mass is 16.5. The molecule has 0 saturated carbocycles. The molecule has 1 aliphatic heterocycles. The second-order valence-corrected chi connectivity index (χ2v) is 4.84. The van der Waals surface area contributed by atoms with Crippen LogP contribution in [0.4, 0.5) is 10.7 Å². The Hall–Kier alpha value is -1.89. The molecule has 2 rings (SSSR count). The molecule has 1 saturated heterocycles. The number of hydrogen-bond acceptors (Lipinski definition) is 5. The highest BCUT2D eigenvalue weighted by Crippen LogP contribution is 2.27. The molecular weight excluding hydrogens is 226 g/mol.